The van der Waals surface area contributed by atoms with Crippen molar-refractivity contribution in [2.24, 2.45) is 0 Å². The molecule has 0 N–H and O–H groups in total. The molecule has 112 valence electrons. The normalized spacial score (nSPS) is 21.6. The Bertz CT molecular complexity index is 315. The zero-order valence-corrected chi connectivity index (χ0v) is 14.7. The molecule has 3 nitrogen and oxygen atoms in total. The third-order valence-electron chi connectivity index (χ3n) is 4.57. The highest BCUT2D eigenvalue weighted by molar-refractivity contribution is 6.74. The van der Waals surface area contributed by atoms with Crippen LogP contribution in [0.3, 0.4) is 0 Å². The topological polar surface area (TPSA) is 29.5 Å². The van der Waals surface area contributed by atoms with E-state index < -0.39 is 8.32 Å². The van der Waals surface area contributed by atoms with Crippen molar-refractivity contribution in [3.05, 3.63) is 0 Å². The number of nitrogens with zero attached hydrogens (tertiary/aromatic N) is 1. The zero-order chi connectivity index (χ0) is 14.7. The first-order valence-electron chi connectivity index (χ1n) is 7.25. The Morgan fingerprint density at radius 3 is 2.53 bits per heavy atom. The van der Waals surface area contributed by atoms with Gasteiger partial charge in [-0.05, 0) is 55.4 Å². The molecule has 1 atom stereocenters. The number of carbonyl (C=O) groups excluding carboxylic acids is 1. The van der Waals surface area contributed by atoms with E-state index in [-0.39, 0.29) is 16.4 Å². The van der Waals surface area contributed by atoms with Crippen LogP contribution in [0.4, 0.5) is 4.79 Å². The Hall–Kier alpha value is -0.0631. The van der Waals surface area contributed by atoms with Crippen LogP contribution in [0.5, 0.6) is 0 Å². The Labute approximate surface area is 123 Å². The minimum absolute atomic E-state index is 0.238. The summed E-state index contributed by atoms with van der Waals surface area (Å²) in [5.41, 5.74) is 0. The van der Waals surface area contributed by atoms with Gasteiger partial charge in [-0.25, -0.2) is 0 Å². The molecular formula is C14H28ClNO2Si. The van der Waals surface area contributed by atoms with Crippen LogP contribution in [0.25, 0.3) is 0 Å². The fourth-order valence-electron chi connectivity index (χ4n) is 2.20. The van der Waals surface area contributed by atoms with E-state index in [1.807, 2.05) is 0 Å². The van der Waals surface area contributed by atoms with Crippen LogP contribution in [0.1, 0.15) is 46.5 Å². The van der Waals surface area contributed by atoms with Crippen molar-refractivity contribution >= 4 is 25.3 Å². The van der Waals surface area contributed by atoms with Crippen molar-refractivity contribution in [1.82, 2.24) is 4.90 Å². The molecule has 1 amide bonds. The van der Waals surface area contributed by atoms with Gasteiger partial charge < -0.3 is 9.33 Å². The quantitative estimate of drug-likeness (QED) is 0.431. The fraction of sp³-hybridized carbons (Fsp3) is 0.929. The van der Waals surface area contributed by atoms with E-state index in [9.17, 15) is 4.79 Å². The molecule has 1 aliphatic heterocycles. The summed E-state index contributed by atoms with van der Waals surface area (Å²) in [6.07, 6.45) is 4.22. The molecule has 1 unspecified atom stereocenters. The van der Waals surface area contributed by atoms with Gasteiger partial charge in [-0.2, -0.15) is 0 Å². The van der Waals surface area contributed by atoms with Gasteiger partial charge in [0.1, 0.15) is 0 Å². The van der Waals surface area contributed by atoms with Gasteiger partial charge in [-0.1, -0.05) is 20.8 Å². The summed E-state index contributed by atoms with van der Waals surface area (Å²) < 4.78 is 6.18. The second kappa shape index (κ2) is 6.59. The lowest BCUT2D eigenvalue weighted by Crippen LogP contribution is -2.44. The van der Waals surface area contributed by atoms with Gasteiger partial charge in [0.25, 0.3) is 0 Å². The number of carbonyl (C=O) groups is 1. The molecule has 0 bridgehead atoms. The molecule has 1 aliphatic rings. The van der Waals surface area contributed by atoms with E-state index in [2.05, 4.69) is 33.9 Å². The molecule has 5 heteroatoms. The van der Waals surface area contributed by atoms with E-state index in [1.165, 1.54) is 6.42 Å². The Morgan fingerprint density at radius 2 is 2.00 bits per heavy atom. The van der Waals surface area contributed by atoms with Gasteiger partial charge in [0.2, 0.25) is 0 Å². The van der Waals surface area contributed by atoms with Gasteiger partial charge in [0.05, 0.1) is 0 Å². The summed E-state index contributed by atoms with van der Waals surface area (Å²) in [5, 5.41) is -0.0707. The molecule has 1 fully saturated rings. The lowest BCUT2D eigenvalue weighted by atomic mass is 10.0. The molecule has 19 heavy (non-hydrogen) atoms. The Kier molecular flexibility index (Phi) is 5.90. The van der Waals surface area contributed by atoms with Crippen LogP contribution in [-0.2, 0) is 4.43 Å². The maximum atomic E-state index is 11.4. The minimum Gasteiger partial charge on any atom is -0.417 e. The van der Waals surface area contributed by atoms with Crippen molar-refractivity contribution in [1.29, 1.82) is 0 Å². The second-order valence-corrected chi connectivity index (χ2v) is 12.1. The van der Waals surface area contributed by atoms with E-state index in [0.29, 0.717) is 0 Å². The maximum absolute atomic E-state index is 11.4. The van der Waals surface area contributed by atoms with Gasteiger partial charge >= 0.3 is 5.37 Å². The van der Waals surface area contributed by atoms with Crippen LogP contribution in [-0.4, -0.2) is 37.8 Å². The van der Waals surface area contributed by atoms with Gasteiger partial charge in [0, 0.05) is 19.2 Å². The summed E-state index contributed by atoms with van der Waals surface area (Å²) in [6, 6.07) is 0.267. The fourth-order valence-corrected chi connectivity index (χ4v) is 3.48. The molecule has 1 saturated heterocycles. The molecule has 0 spiro atoms. The molecule has 0 aromatic rings. The highest BCUT2D eigenvalue weighted by Crippen LogP contribution is 2.36. The minimum atomic E-state index is -1.68. The SMILES string of the molecule is CC(C)(C)[Si](C)(C)OCCC1CCCCN1C(=O)Cl. The number of rotatable bonds is 4. The number of halogens is 1. The van der Waals surface area contributed by atoms with Crippen LogP contribution in [0, 0.1) is 0 Å². The average Bonchev–Trinajstić information content (AvgIpc) is 2.27. The van der Waals surface area contributed by atoms with Crippen LogP contribution in [0.15, 0.2) is 0 Å². The zero-order valence-electron chi connectivity index (χ0n) is 13.0. The largest absolute Gasteiger partial charge is 0.417 e. The summed E-state index contributed by atoms with van der Waals surface area (Å²) >= 11 is 5.65. The Morgan fingerprint density at radius 1 is 1.37 bits per heavy atom. The first-order chi connectivity index (χ1) is 8.65. The lowest BCUT2D eigenvalue weighted by molar-refractivity contribution is 0.149. The molecule has 1 rings (SSSR count). The number of likely N-dealkylation sites (tertiary alicyclic amines) is 1. The van der Waals surface area contributed by atoms with E-state index in [1.54, 1.807) is 4.90 Å². The average molecular weight is 306 g/mol. The standard InChI is InChI=1S/C14H28ClNO2Si/c1-14(2,3)19(4,5)18-11-9-12-8-6-7-10-16(12)13(15)17/h12H,6-11H2,1-5H3. The van der Waals surface area contributed by atoms with E-state index in [4.69, 9.17) is 16.0 Å². The van der Waals surface area contributed by atoms with Crippen LogP contribution in [0.2, 0.25) is 18.1 Å². The van der Waals surface area contributed by atoms with Crippen LogP contribution < -0.4 is 0 Å². The van der Waals surface area contributed by atoms with E-state index in [0.717, 1.165) is 32.4 Å². The Balaban J connectivity index is 2.45. The summed E-state index contributed by atoms with van der Waals surface area (Å²) in [4.78, 5) is 13.2. The molecule has 0 radical (unpaired) electrons. The molecule has 0 saturated carbocycles. The van der Waals surface area contributed by atoms with Crippen LogP contribution >= 0.6 is 11.6 Å². The molecule has 0 aromatic carbocycles. The summed E-state index contributed by atoms with van der Waals surface area (Å²) in [7, 11) is -1.68. The van der Waals surface area contributed by atoms with Crippen molar-refractivity contribution in [3.63, 3.8) is 0 Å². The number of amides is 1. The lowest BCUT2D eigenvalue weighted by Gasteiger charge is -2.38. The van der Waals surface area contributed by atoms with Crippen molar-refractivity contribution < 1.29 is 9.22 Å². The highest BCUT2D eigenvalue weighted by Gasteiger charge is 2.37. The molecule has 0 aliphatic carbocycles. The number of hydrogen-bond acceptors (Lipinski definition) is 2. The summed E-state index contributed by atoms with van der Waals surface area (Å²) in [5.74, 6) is 0. The predicted octanol–water partition coefficient (Wildman–Crippen LogP) is 4.61. The first-order valence-corrected chi connectivity index (χ1v) is 10.5. The van der Waals surface area contributed by atoms with Gasteiger partial charge in [-0.3, -0.25) is 4.79 Å². The van der Waals surface area contributed by atoms with Crippen molar-refractivity contribution in [2.75, 3.05) is 13.2 Å². The molecular weight excluding hydrogens is 278 g/mol. The number of hydrogen-bond donors (Lipinski definition) is 0. The monoisotopic (exact) mass is 305 g/mol. The summed E-state index contributed by atoms with van der Waals surface area (Å²) in [6.45, 7) is 12.8. The highest BCUT2D eigenvalue weighted by atomic mass is 35.5. The number of piperidine rings is 1. The van der Waals surface area contributed by atoms with Crippen molar-refractivity contribution in [3.8, 4) is 0 Å². The molecule has 0 aromatic heterocycles. The third kappa shape index (κ3) is 4.76. The van der Waals surface area contributed by atoms with Gasteiger partial charge in [-0.15, -0.1) is 0 Å². The first kappa shape index (κ1) is 17.0. The smallest absolute Gasteiger partial charge is 0.316 e. The van der Waals surface area contributed by atoms with E-state index >= 15 is 0 Å². The maximum Gasteiger partial charge on any atom is 0.316 e. The third-order valence-corrected chi connectivity index (χ3v) is 9.33. The van der Waals surface area contributed by atoms with Gasteiger partial charge in [0.15, 0.2) is 8.32 Å². The molecule has 1 heterocycles. The predicted molar refractivity (Wildman–Crippen MR) is 83.4 cm³/mol. The second-order valence-electron chi connectivity index (χ2n) is 6.99. The van der Waals surface area contributed by atoms with Crippen molar-refractivity contribution in [2.45, 2.75) is 70.6 Å².